The highest BCUT2D eigenvalue weighted by molar-refractivity contribution is 5.77. The van der Waals surface area contributed by atoms with E-state index in [1.54, 1.807) is 6.92 Å². The molecule has 0 unspecified atom stereocenters. The SMILES string of the molecule is CC(=O)[C@H](C)CC/C=C(\C)[C@@H]1OC(=O)[C@@H](C)C[C@H]1C. The van der Waals surface area contributed by atoms with Crippen molar-refractivity contribution in [1.82, 2.24) is 0 Å². The van der Waals surface area contributed by atoms with Gasteiger partial charge in [-0.25, -0.2) is 0 Å². The average molecular weight is 266 g/mol. The normalized spacial score (nSPS) is 29.8. The first-order valence-electron chi connectivity index (χ1n) is 7.20. The number of hydrogen-bond acceptors (Lipinski definition) is 3. The van der Waals surface area contributed by atoms with Crippen LogP contribution in [-0.2, 0) is 14.3 Å². The summed E-state index contributed by atoms with van der Waals surface area (Å²) in [6, 6.07) is 0. The van der Waals surface area contributed by atoms with Crippen LogP contribution in [0.5, 0.6) is 0 Å². The molecule has 0 aliphatic carbocycles. The number of hydrogen-bond donors (Lipinski definition) is 0. The van der Waals surface area contributed by atoms with Crippen molar-refractivity contribution in [1.29, 1.82) is 0 Å². The molecule has 108 valence electrons. The van der Waals surface area contributed by atoms with Gasteiger partial charge in [0.05, 0.1) is 5.92 Å². The quantitative estimate of drug-likeness (QED) is 0.565. The summed E-state index contributed by atoms with van der Waals surface area (Å²) in [6.45, 7) is 9.65. The van der Waals surface area contributed by atoms with Crippen molar-refractivity contribution in [3.05, 3.63) is 11.6 Å². The number of rotatable bonds is 5. The van der Waals surface area contributed by atoms with Gasteiger partial charge in [-0.15, -0.1) is 0 Å². The van der Waals surface area contributed by atoms with Crippen LogP contribution in [0.3, 0.4) is 0 Å². The predicted octanol–water partition coefficient (Wildman–Crippen LogP) is 3.53. The summed E-state index contributed by atoms with van der Waals surface area (Å²) in [5, 5.41) is 0. The van der Waals surface area contributed by atoms with Crippen LogP contribution in [0.1, 0.15) is 53.9 Å². The molecule has 0 aromatic heterocycles. The number of ether oxygens (including phenoxy) is 1. The lowest BCUT2D eigenvalue weighted by molar-refractivity contribution is -0.161. The lowest BCUT2D eigenvalue weighted by Gasteiger charge is -2.32. The summed E-state index contributed by atoms with van der Waals surface area (Å²) in [7, 11) is 0. The van der Waals surface area contributed by atoms with Gasteiger partial charge in [-0.3, -0.25) is 9.59 Å². The van der Waals surface area contributed by atoms with E-state index in [9.17, 15) is 9.59 Å². The van der Waals surface area contributed by atoms with Crippen molar-refractivity contribution in [3.63, 3.8) is 0 Å². The fourth-order valence-corrected chi connectivity index (χ4v) is 2.56. The van der Waals surface area contributed by atoms with Crippen molar-refractivity contribution in [2.45, 2.75) is 60.0 Å². The number of cyclic esters (lactones) is 1. The number of esters is 1. The van der Waals surface area contributed by atoms with E-state index in [4.69, 9.17) is 4.74 Å². The minimum absolute atomic E-state index is 0.0109. The Morgan fingerprint density at radius 3 is 2.63 bits per heavy atom. The van der Waals surface area contributed by atoms with Crippen molar-refractivity contribution in [2.24, 2.45) is 17.8 Å². The highest BCUT2D eigenvalue weighted by atomic mass is 16.5. The zero-order chi connectivity index (χ0) is 14.6. The summed E-state index contributed by atoms with van der Waals surface area (Å²) in [6.07, 6.45) is 4.64. The van der Waals surface area contributed by atoms with E-state index in [-0.39, 0.29) is 29.7 Å². The lowest BCUT2D eigenvalue weighted by atomic mass is 9.86. The second-order valence-corrected chi connectivity index (χ2v) is 6.01. The summed E-state index contributed by atoms with van der Waals surface area (Å²) >= 11 is 0. The molecule has 1 saturated heterocycles. The number of carbonyl (C=O) groups excluding carboxylic acids is 2. The van der Waals surface area contributed by atoms with Gasteiger partial charge in [0.25, 0.3) is 0 Å². The van der Waals surface area contributed by atoms with E-state index in [2.05, 4.69) is 13.0 Å². The van der Waals surface area contributed by atoms with Crippen LogP contribution >= 0.6 is 0 Å². The molecule has 19 heavy (non-hydrogen) atoms. The Bertz CT molecular complexity index is 370. The number of ketones is 1. The van der Waals surface area contributed by atoms with Gasteiger partial charge in [0, 0.05) is 5.92 Å². The minimum Gasteiger partial charge on any atom is -0.457 e. The number of allylic oxidation sites excluding steroid dienone is 1. The highest BCUT2D eigenvalue weighted by Gasteiger charge is 2.33. The van der Waals surface area contributed by atoms with Gasteiger partial charge < -0.3 is 4.74 Å². The van der Waals surface area contributed by atoms with Crippen LogP contribution in [0.4, 0.5) is 0 Å². The molecule has 1 heterocycles. The minimum atomic E-state index is -0.0899. The molecule has 1 aliphatic heterocycles. The van der Waals surface area contributed by atoms with Crippen molar-refractivity contribution < 1.29 is 14.3 Å². The molecular weight excluding hydrogens is 240 g/mol. The molecule has 1 aliphatic rings. The molecule has 4 atom stereocenters. The van der Waals surface area contributed by atoms with Gasteiger partial charge in [0.2, 0.25) is 0 Å². The second kappa shape index (κ2) is 6.88. The van der Waals surface area contributed by atoms with E-state index in [0.29, 0.717) is 5.92 Å². The lowest BCUT2D eigenvalue weighted by Crippen LogP contribution is -2.36. The molecular formula is C16H26O3. The summed E-state index contributed by atoms with van der Waals surface area (Å²) in [5.74, 6) is 0.631. The van der Waals surface area contributed by atoms with Crippen LogP contribution in [0.25, 0.3) is 0 Å². The second-order valence-electron chi connectivity index (χ2n) is 6.01. The van der Waals surface area contributed by atoms with Crippen LogP contribution in [0, 0.1) is 17.8 Å². The molecule has 3 heteroatoms. The largest absolute Gasteiger partial charge is 0.457 e. The summed E-state index contributed by atoms with van der Waals surface area (Å²) < 4.78 is 5.50. The molecule has 1 rings (SSSR count). The maximum absolute atomic E-state index is 11.6. The molecule has 0 N–H and O–H groups in total. The van der Waals surface area contributed by atoms with Crippen molar-refractivity contribution in [3.8, 4) is 0 Å². The van der Waals surface area contributed by atoms with Crippen LogP contribution in [-0.4, -0.2) is 17.9 Å². The van der Waals surface area contributed by atoms with Crippen LogP contribution in [0.2, 0.25) is 0 Å². The molecule has 0 aromatic carbocycles. The predicted molar refractivity (Wildman–Crippen MR) is 75.7 cm³/mol. The van der Waals surface area contributed by atoms with Gasteiger partial charge in [0.15, 0.2) is 0 Å². The zero-order valence-corrected chi connectivity index (χ0v) is 12.7. The van der Waals surface area contributed by atoms with Gasteiger partial charge in [-0.1, -0.05) is 26.8 Å². The Hall–Kier alpha value is -1.12. The first-order chi connectivity index (χ1) is 8.82. The Morgan fingerprint density at radius 2 is 2.05 bits per heavy atom. The molecule has 0 saturated carbocycles. The Morgan fingerprint density at radius 1 is 1.42 bits per heavy atom. The fraction of sp³-hybridized carbons (Fsp3) is 0.750. The fourth-order valence-electron chi connectivity index (χ4n) is 2.56. The van der Waals surface area contributed by atoms with E-state index in [0.717, 1.165) is 24.8 Å². The molecule has 0 aromatic rings. The van der Waals surface area contributed by atoms with Crippen molar-refractivity contribution >= 4 is 11.8 Å². The standard InChI is InChI=1S/C16H26O3/c1-10(14(5)17)7-6-8-11(2)15-12(3)9-13(4)16(18)19-15/h8,10,12-13,15H,6-7,9H2,1-5H3/b11-8+/t10-,12-,13+,15+/m1/s1. The molecule has 1 fully saturated rings. The third-order valence-corrected chi connectivity index (χ3v) is 4.10. The van der Waals surface area contributed by atoms with Crippen molar-refractivity contribution in [2.75, 3.05) is 0 Å². The van der Waals surface area contributed by atoms with Crippen LogP contribution in [0.15, 0.2) is 11.6 Å². The Labute approximate surface area is 116 Å². The summed E-state index contributed by atoms with van der Waals surface area (Å²) in [5.41, 5.74) is 1.11. The van der Waals surface area contributed by atoms with Crippen LogP contribution < -0.4 is 0 Å². The van der Waals surface area contributed by atoms with Gasteiger partial charge in [-0.05, 0) is 44.6 Å². The first kappa shape index (κ1) is 15.9. The topological polar surface area (TPSA) is 43.4 Å². The van der Waals surface area contributed by atoms with Gasteiger partial charge >= 0.3 is 5.97 Å². The van der Waals surface area contributed by atoms with E-state index >= 15 is 0 Å². The Kier molecular flexibility index (Phi) is 5.77. The summed E-state index contributed by atoms with van der Waals surface area (Å²) in [4.78, 5) is 22.8. The third kappa shape index (κ3) is 4.48. The Balaban J connectivity index is 2.54. The molecule has 3 nitrogen and oxygen atoms in total. The monoisotopic (exact) mass is 266 g/mol. The third-order valence-electron chi connectivity index (χ3n) is 4.10. The number of Topliss-reactive ketones (excluding diaryl/α,β-unsaturated/α-hetero) is 1. The molecule has 0 amide bonds. The highest BCUT2D eigenvalue weighted by Crippen LogP contribution is 2.30. The van der Waals surface area contributed by atoms with E-state index in [1.165, 1.54) is 0 Å². The maximum atomic E-state index is 11.6. The average Bonchev–Trinajstić information content (AvgIpc) is 2.33. The molecule has 0 radical (unpaired) electrons. The van der Waals surface area contributed by atoms with E-state index in [1.807, 2.05) is 20.8 Å². The van der Waals surface area contributed by atoms with Gasteiger partial charge in [0.1, 0.15) is 11.9 Å². The van der Waals surface area contributed by atoms with E-state index < -0.39 is 0 Å². The smallest absolute Gasteiger partial charge is 0.309 e. The molecule has 0 spiro atoms. The zero-order valence-electron chi connectivity index (χ0n) is 12.7. The van der Waals surface area contributed by atoms with Gasteiger partial charge in [-0.2, -0.15) is 0 Å². The molecule has 0 bridgehead atoms. The maximum Gasteiger partial charge on any atom is 0.309 e. The number of carbonyl (C=O) groups is 2. The first-order valence-corrected chi connectivity index (χ1v) is 7.20.